The summed E-state index contributed by atoms with van der Waals surface area (Å²) in [6.45, 7) is 1.35. The number of hydrogen-bond acceptors (Lipinski definition) is 2. The summed E-state index contributed by atoms with van der Waals surface area (Å²) in [5, 5.41) is 10.1. The smallest absolute Gasteiger partial charge is 0.126 e. The summed E-state index contributed by atoms with van der Waals surface area (Å²) < 4.78 is 19.7. The number of ether oxygens (including phenoxy) is 1. The molecule has 0 aromatic heterocycles. The molecule has 0 aliphatic carbocycles. The maximum Gasteiger partial charge on any atom is 0.126 e. The molecule has 2 rings (SSSR count). The van der Waals surface area contributed by atoms with Gasteiger partial charge in [-0.05, 0) is 36.6 Å². The molecule has 1 fully saturated rings. The fourth-order valence-corrected chi connectivity index (χ4v) is 2.57. The fourth-order valence-electron chi connectivity index (χ4n) is 2.16. The van der Waals surface area contributed by atoms with Gasteiger partial charge in [-0.2, -0.15) is 0 Å². The van der Waals surface area contributed by atoms with Crippen LogP contribution >= 0.6 is 15.9 Å². The number of hydrogen-bond donors (Lipinski definition) is 1. The van der Waals surface area contributed by atoms with Gasteiger partial charge in [0.1, 0.15) is 5.82 Å². The molecule has 1 saturated heterocycles. The maximum absolute atomic E-state index is 13.5. The minimum Gasteiger partial charge on any atom is -0.392 e. The van der Waals surface area contributed by atoms with Gasteiger partial charge in [-0.3, -0.25) is 0 Å². The van der Waals surface area contributed by atoms with Crippen molar-refractivity contribution in [2.45, 2.75) is 25.4 Å². The molecule has 2 unspecified atom stereocenters. The van der Waals surface area contributed by atoms with Gasteiger partial charge in [-0.15, -0.1) is 0 Å². The van der Waals surface area contributed by atoms with E-state index in [-0.39, 0.29) is 11.7 Å². The standard InChI is InChI=1S/C13H16BrFO2/c14-11-3-4-12(15)10(6-11)7-13(16)9-2-1-5-17-8-9/h3-4,6,9,13,16H,1-2,5,7-8H2. The van der Waals surface area contributed by atoms with Crippen LogP contribution in [0.4, 0.5) is 4.39 Å². The molecule has 1 heterocycles. The van der Waals surface area contributed by atoms with Crippen molar-refractivity contribution in [3.05, 3.63) is 34.1 Å². The first-order valence-electron chi connectivity index (χ1n) is 5.86. The summed E-state index contributed by atoms with van der Waals surface area (Å²) in [5.41, 5.74) is 0.553. The first kappa shape index (κ1) is 13.0. The number of rotatable bonds is 3. The molecule has 0 saturated carbocycles. The van der Waals surface area contributed by atoms with Crippen molar-refractivity contribution < 1.29 is 14.2 Å². The fraction of sp³-hybridized carbons (Fsp3) is 0.538. The van der Waals surface area contributed by atoms with Crippen LogP contribution in [0.15, 0.2) is 22.7 Å². The van der Waals surface area contributed by atoms with Gasteiger partial charge in [-0.1, -0.05) is 15.9 Å². The van der Waals surface area contributed by atoms with Gasteiger partial charge in [0.25, 0.3) is 0 Å². The van der Waals surface area contributed by atoms with E-state index in [1.165, 1.54) is 6.07 Å². The molecule has 2 nitrogen and oxygen atoms in total. The van der Waals surface area contributed by atoms with Crippen LogP contribution < -0.4 is 0 Å². The lowest BCUT2D eigenvalue weighted by Crippen LogP contribution is -2.30. The minimum atomic E-state index is -0.529. The average Bonchev–Trinajstić information content (AvgIpc) is 2.35. The molecule has 0 spiro atoms. The highest BCUT2D eigenvalue weighted by Crippen LogP contribution is 2.23. The predicted molar refractivity (Wildman–Crippen MR) is 67.4 cm³/mol. The molecule has 2 atom stereocenters. The van der Waals surface area contributed by atoms with E-state index in [4.69, 9.17) is 4.74 Å². The third-order valence-electron chi connectivity index (χ3n) is 3.18. The second kappa shape index (κ2) is 5.94. The Labute approximate surface area is 109 Å². The Morgan fingerprint density at radius 2 is 2.35 bits per heavy atom. The molecule has 0 amide bonds. The number of benzene rings is 1. The highest BCUT2D eigenvalue weighted by Gasteiger charge is 2.23. The Morgan fingerprint density at radius 1 is 1.53 bits per heavy atom. The molecule has 1 N–H and O–H groups in total. The lowest BCUT2D eigenvalue weighted by Gasteiger charge is -2.26. The van der Waals surface area contributed by atoms with E-state index >= 15 is 0 Å². The van der Waals surface area contributed by atoms with Crippen LogP contribution in [0.25, 0.3) is 0 Å². The summed E-state index contributed by atoms with van der Waals surface area (Å²) in [5.74, 6) is -0.133. The second-order valence-corrected chi connectivity index (χ2v) is 5.40. The predicted octanol–water partition coefficient (Wildman–Crippen LogP) is 2.92. The van der Waals surface area contributed by atoms with E-state index in [9.17, 15) is 9.50 Å². The molecule has 0 bridgehead atoms. The zero-order valence-electron chi connectivity index (χ0n) is 9.53. The zero-order valence-corrected chi connectivity index (χ0v) is 11.1. The number of halogens is 2. The Kier molecular flexibility index (Phi) is 4.54. The van der Waals surface area contributed by atoms with Crippen molar-refractivity contribution in [3.8, 4) is 0 Å². The Hall–Kier alpha value is -0.450. The third-order valence-corrected chi connectivity index (χ3v) is 3.67. The van der Waals surface area contributed by atoms with Gasteiger partial charge in [0.15, 0.2) is 0 Å². The van der Waals surface area contributed by atoms with E-state index < -0.39 is 6.10 Å². The van der Waals surface area contributed by atoms with Crippen LogP contribution in [0.3, 0.4) is 0 Å². The quantitative estimate of drug-likeness (QED) is 0.930. The number of aliphatic hydroxyl groups is 1. The average molecular weight is 303 g/mol. The number of aliphatic hydroxyl groups excluding tert-OH is 1. The molecule has 1 aliphatic heterocycles. The normalized spacial score (nSPS) is 22.4. The van der Waals surface area contributed by atoms with Crippen LogP contribution in [0, 0.1) is 11.7 Å². The Balaban J connectivity index is 2.01. The zero-order chi connectivity index (χ0) is 12.3. The first-order valence-corrected chi connectivity index (χ1v) is 6.66. The first-order chi connectivity index (χ1) is 8.16. The van der Waals surface area contributed by atoms with Crippen molar-refractivity contribution in [3.63, 3.8) is 0 Å². The summed E-state index contributed by atoms with van der Waals surface area (Å²) in [7, 11) is 0. The minimum absolute atomic E-state index is 0.127. The van der Waals surface area contributed by atoms with Crippen molar-refractivity contribution in [2.75, 3.05) is 13.2 Å². The lowest BCUT2D eigenvalue weighted by atomic mass is 9.91. The van der Waals surface area contributed by atoms with Crippen LogP contribution in [0.1, 0.15) is 18.4 Å². The summed E-state index contributed by atoms with van der Waals surface area (Å²) in [4.78, 5) is 0. The molecule has 0 radical (unpaired) electrons. The summed E-state index contributed by atoms with van der Waals surface area (Å²) in [6.07, 6.45) is 1.75. The summed E-state index contributed by atoms with van der Waals surface area (Å²) >= 11 is 3.31. The van der Waals surface area contributed by atoms with E-state index in [1.807, 2.05) is 0 Å². The van der Waals surface area contributed by atoms with Crippen LogP contribution in [0.5, 0.6) is 0 Å². The molecular formula is C13H16BrFO2. The van der Waals surface area contributed by atoms with Crippen molar-refractivity contribution in [2.24, 2.45) is 5.92 Å². The van der Waals surface area contributed by atoms with E-state index in [0.717, 1.165) is 23.9 Å². The van der Waals surface area contributed by atoms with Crippen LogP contribution in [-0.2, 0) is 11.2 Å². The largest absolute Gasteiger partial charge is 0.392 e. The molecule has 1 aromatic rings. The van der Waals surface area contributed by atoms with E-state index in [1.54, 1.807) is 12.1 Å². The Bertz CT molecular complexity index is 378. The van der Waals surface area contributed by atoms with Gasteiger partial charge in [0.2, 0.25) is 0 Å². The molecule has 1 aliphatic rings. The molecule has 4 heteroatoms. The summed E-state index contributed by atoms with van der Waals surface area (Å²) in [6, 6.07) is 4.81. The maximum atomic E-state index is 13.5. The monoisotopic (exact) mass is 302 g/mol. The molecule has 1 aromatic carbocycles. The molecular weight excluding hydrogens is 287 g/mol. The van der Waals surface area contributed by atoms with Gasteiger partial charge < -0.3 is 9.84 Å². The SMILES string of the molecule is OC(Cc1cc(Br)ccc1F)C1CCCOC1. The molecule has 17 heavy (non-hydrogen) atoms. The van der Waals surface area contributed by atoms with E-state index in [2.05, 4.69) is 15.9 Å². The van der Waals surface area contributed by atoms with Gasteiger partial charge >= 0.3 is 0 Å². The highest BCUT2D eigenvalue weighted by atomic mass is 79.9. The van der Waals surface area contributed by atoms with Crippen LogP contribution in [-0.4, -0.2) is 24.4 Å². The van der Waals surface area contributed by atoms with Crippen molar-refractivity contribution in [1.82, 2.24) is 0 Å². The topological polar surface area (TPSA) is 29.5 Å². The lowest BCUT2D eigenvalue weighted by molar-refractivity contribution is -0.00873. The van der Waals surface area contributed by atoms with Gasteiger partial charge in [0.05, 0.1) is 12.7 Å². The van der Waals surface area contributed by atoms with Crippen LogP contribution in [0.2, 0.25) is 0 Å². The van der Waals surface area contributed by atoms with Gasteiger partial charge in [0, 0.05) is 23.4 Å². The van der Waals surface area contributed by atoms with Gasteiger partial charge in [-0.25, -0.2) is 4.39 Å². The second-order valence-electron chi connectivity index (χ2n) is 4.48. The Morgan fingerprint density at radius 3 is 3.06 bits per heavy atom. The highest BCUT2D eigenvalue weighted by molar-refractivity contribution is 9.10. The van der Waals surface area contributed by atoms with Crippen molar-refractivity contribution in [1.29, 1.82) is 0 Å². The van der Waals surface area contributed by atoms with E-state index in [0.29, 0.717) is 18.6 Å². The van der Waals surface area contributed by atoms with Crippen molar-refractivity contribution >= 4 is 15.9 Å². The third kappa shape index (κ3) is 3.50. The molecule has 94 valence electrons.